The van der Waals surface area contributed by atoms with E-state index in [1.807, 2.05) is 0 Å². The van der Waals surface area contributed by atoms with Crippen molar-refractivity contribution in [2.45, 2.75) is 37.1 Å². The van der Waals surface area contributed by atoms with Gasteiger partial charge in [0.1, 0.15) is 5.82 Å². The summed E-state index contributed by atoms with van der Waals surface area (Å²) >= 11 is 0. The third-order valence-electron chi connectivity index (χ3n) is 4.05. The molecule has 1 aromatic rings. The van der Waals surface area contributed by atoms with Gasteiger partial charge in [-0.3, -0.25) is 0 Å². The Balaban J connectivity index is 0.00000264. The maximum Gasteiger partial charge on any atom is 0.241 e. The van der Waals surface area contributed by atoms with Gasteiger partial charge in [-0.25, -0.2) is 17.5 Å². The summed E-state index contributed by atoms with van der Waals surface area (Å²) in [6.45, 7) is 4.74. The van der Waals surface area contributed by atoms with E-state index in [4.69, 9.17) is 4.74 Å². The van der Waals surface area contributed by atoms with Crippen molar-refractivity contribution in [3.05, 3.63) is 29.1 Å². The SMILES string of the molecule is COCC1(CNS(=O)(=O)c2c(C)cc(F)cc2C)CCCN1.Cl. The maximum atomic E-state index is 13.3. The highest BCUT2D eigenvalue weighted by Crippen LogP contribution is 2.23. The Hall–Kier alpha value is -0.730. The zero-order valence-corrected chi connectivity index (χ0v) is 15.2. The smallest absolute Gasteiger partial charge is 0.241 e. The van der Waals surface area contributed by atoms with Crippen LogP contribution in [0, 0.1) is 19.7 Å². The van der Waals surface area contributed by atoms with Crippen molar-refractivity contribution in [1.29, 1.82) is 0 Å². The fourth-order valence-corrected chi connectivity index (χ4v) is 4.67. The summed E-state index contributed by atoms with van der Waals surface area (Å²) in [6.07, 6.45) is 1.84. The molecule has 1 saturated heterocycles. The number of methoxy groups -OCH3 is 1. The number of hydrogen-bond acceptors (Lipinski definition) is 4. The zero-order valence-electron chi connectivity index (χ0n) is 13.6. The number of sulfonamides is 1. The van der Waals surface area contributed by atoms with E-state index in [-0.39, 0.29) is 29.4 Å². The molecular formula is C15H24ClFN2O3S. The first-order chi connectivity index (χ1) is 10.3. The molecule has 0 aliphatic carbocycles. The number of halogens is 2. The normalized spacial score (nSPS) is 21.2. The molecule has 2 rings (SSSR count). The molecule has 0 bridgehead atoms. The highest BCUT2D eigenvalue weighted by Gasteiger charge is 2.35. The lowest BCUT2D eigenvalue weighted by Crippen LogP contribution is -2.53. The molecule has 1 unspecified atom stereocenters. The van der Waals surface area contributed by atoms with Crippen molar-refractivity contribution in [3.8, 4) is 0 Å². The highest BCUT2D eigenvalue weighted by atomic mass is 35.5. The van der Waals surface area contributed by atoms with E-state index >= 15 is 0 Å². The van der Waals surface area contributed by atoms with Gasteiger partial charge in [0.05, 0.1) is 17.0 Å². The average Bonchev–Trinajstić information content (AvgIpc) is 2.84. The van der Waals surface area contributed by atoms with Gasteiger partial charge in [-0.2, -0.15) is 0 Å². The molecule has 1 aliphatic heterocycles. The molecule has 8 heteroatoms. The van der Waals surface area contributed by atoms with E-state index in [0.29, 0.717) is 17.7 Å². The fraction of sp³-hybridized carbons (Fsp3) is 0.600. The van der Waals surface area contributed by atoms with Gasteiger partial charge < -0.3 is 10.1 Å². The molecule has 0 spiro atoms. The van der Waals surface area contributed by atoms with Gasteiger partial charge >= 0.3 is 0 Å². The summed E-state index contributed by atoms with van der Waals surface area (Å²) in [6, 6.07) is 2.47. The van der Waals surface area contributed by atoms with E-state index in [1.165, 1.54) is 12.1 Å². The van der Waals surface area contributed by atoms with Gasteiger partial charge in [-0.15, -0.1) is 12.4 Å². The summed E-state index contributed by atoms with van der Waals surface area (Å²) in [5.74, 6) is -0.428. The van der Waals surface area contributed by atoms with Gasteiger partial charge in [-0.05, 0) is 56.5 Å². The quantitative estimate of drug-likeness (QED) is 0.807. The van der Waals surface area contributed by atoms with E-state index in [9.17, 15) is 12.8 Å². The predicted octanol–water partition coefficient (Wildman–Crippen LogP) is 1.91. The Bertz CT molecular complexity index is 623. The van der Waals surface area contributed by atoms with Crippen molar-refractivity contribution < 1.29 is 17.5 Å². The van der Waals surface area contributed by atoms with Crippen LogP contribution in [0.5, 0.6) is 0 Å². The van der Waals surface area contributed by atoms with Crippen LogP contribution in [0.1, 0.15) is 24.0 Å². The monoisotopic (exact) mass is 366 g/mol. The van der Waals surface area contributed by atoms with Crippen LogP contribution in [0.15, 0.2) is 17.0 Å². The van der Waals surface area contributed by atoms with E-state index in [2.05, 4.69) is 10.0 Å². The lowest BCUT2D eigenvalue weighted by molar-refractivity contribution is 0.122. The number of nitrogens with one attached hydrogen (secondary N) is 2. The van der Waals surface area contributed by atoms with Gasteiger partial charge in [0.2, 0.25) is 10.0 Å². The number of benzene rings is 1. The Kier molecular flexibility index (Phi) is 6.97. The third kappa shape index (κ3) is 4.64. The van der Waals surface area contributed by atoms with Crippen molar-refractivity contribution in [2.75, 3.05) is 26.8 Å². The largest absolute Gasteiger partial charge is 0.383 e. The summed E-state index contributed by atoms with van der Waals surface area (Å²) in [5.41, 5.74) is 0.444. The van der Waals surface area contributed by atoms with Crippen molar-refractivity contribution in [1.82, 2.24) is 10.0 Å². The molecule has 0 saturated carbocycles. The standard InChI is InChI=1S/C15H23FN2O3S.ClH/c1-11-7-13(16)8-12(2)14(11)22(19,20)18-9-15(10-21-3)5-4-6-17-15;/h7-8,17-18H,4-6,9-10H2,1-3H3;1H. The lowest BCUT2D eigenvalue weighted by atomic mass is 9.99. The van der Waals surface area contributed by atoms with Crippen LogP contribution in [0.3, 0.4) is 0 Å². The third-order valence-corrected chi connectivity index (χ3v) is 5.75. The molecule has 5 nitrogen and oxygen atoms in total. The summed E-state index contributed by atoms with van der Waals surface area (Å²) in [7, 11) is -2.09. The van der Waals surface area contributed by atoms with E-state index < -0.39 is 15.8 Å². The van der Waals surface area contributed by atoms with Crippen LogP contribution in [-0.2, 0) is 14.8 Å². The maximum absolute atomic E-state index is 13.3. The van der Waals surface area contributed by atoms with E-state index in [0.717, 1.165) is 19.4 Å². The summed E-state index contributed by atoms with van der Waals surface area (Å²) in [5, 5.41) is 3.32. The number of hydrogen-bond donors (Lipinski definition) is 2. The Morgan fingerprint density at radius 2 is 1.96 bits per heavy atom. The Morgan fingerprint density at radius 3 is 2.43 bits per heavy atom. The van der Waals surface area contributed by atoms with Crippen LogP contribution in [0.25, 0.3) is 0 Å². The Labute approximate surface area is 143 Å². The van der Waals surface area contributed by atoms with Gasteiger partial charge in [0.25, 0.3) is 0 Å². The van der Waals surface area contributed by atoms with Crippen molar-refractivity contribution >= 4 is 22.4 Å². The molecular weight excluding hydrogens is 343 g/mol. The molecule has 0 amide bonds. The van der Waals surface area contributed by atoms with E-state index in [1.54, 1.807) is 21.0 Å². The first kappa shape index (κ1) is 20.3. The second kappa shape index (κ2) is 7.90. The topological polar surface area (TPSA) is 67.4 Å². The number of aryl methyl sites for hydroxylation is 2. The molecule has 1 aliphatic rings. The molecule has 0 radical (unpaired) electrons. The first-order valence-electron chi connectivity index (χ1n) is 7.30. The van der Waals surface area contributed by atoms with Crippen LogP contribution >= 0.6 is 12.4 Å². The molecule has 1 heterocycles. The molecule has 1 atom stereocenters. The van der Waals surface area contributed by atoms with Gasteiger partial charge in [0.15, 0.2) is 0 Å². The second-order valence-corrected chi connectivity index (χ2v) is 7.64. The number of rotatable bonds is 6. The van der Waals surface area contributed by atoms with Crippen molar-refractivity contribution in [2.24, 2.45) is 0 Å². The minimum absolute atomic E-state index is 0. The van der Waals surface area contributed by atoms with Gasteiger partial charge in [0, 0.05) is 13.7 Å². The number of ether oxygens (including phenoxy) is 1. The minimum Gasteiger partial charge on any atom is -0.383 e. The average molecular weight is 367 g/mol. The first-order valence-corrected chi connectivity index (χ1v) is 8.78. The van der Waals surface area contributed by atoms with Gasteiger partial charge in [-0.1, -0.05) is 0 Å². The lowest BCUT2D eigenvalue weighted by Gasteiger charge is -2.29. The second-order valence-electron chi connectivity index (χ2n) is 5.94. The molecule has 1 aromatic carbocycles. The van der Waals surface area contributed by atoms with Crippen LogP contribution < -0.4 is 10.0 Å². The molecule has 23 heavy (non-hydrogen) atoms. The predicted molar refractivity (Wildman–Crippen MR) is 90.2 cm³/mol. The Morgan fingerprint density at radius 1 is 1.35 bits per heavy atom. The molecule has 132 valence electrons. The molecule has 2 N–H and O–H groups in total. The van der Waals surface area contributed by atoms with Crippen LogP contribution in [0.2, 0.25) is 0 Å². The highest BCUT2D eigenvalue weighted by molar-refractivity contribution is 7.89. The fourth-order valence-electron chi connectivity index (χ4n) is 3.10. The summed E-state index contributed by atoms with van der Waals surface area (Å²) < 4.78 is 46.4. The molecule has 0 aromatic heterocycles. The van der Waals surface area contributed by atoms with Crippen LogP contribution in [-0.4, -0.2) is 40.8 Å². The zero-order chi connectivity index (χ0) is 16.4. The molecule has 1 fully saturated rings. The van der Waals surface area contributed by atoms with Crippen molar-refractivity contribution in [3.63, 3.8) is 0 Å². The summed E-state index contributed by atoms with van der Waals surface area (Å²) in [4.78, 5) is 0.152. The minimum atomic E-state index is -3.69. The van der Waals surface area contributed by atoms with Crippen LogP contribution in [0.4, 0.5) is 4.39 Å².